The van der Waals surface area contributed by atoms with Gasteiger partial charge >= 0.3 is 0 Å². The molecular formula is C11H8FN3O. The van der Waals surface area contributed by atoms with Crippen molar-refractivity contribution in [1.82, 2.24) is 9.97 Å². The molecule has 0 aromatic carbocycles. The van der Waals surface area contributed by atoms with Gasteiger partial charge in [0.2, 0.25) is 0 Å². The minimum absolute atomic E-state index is 0.270. The number of carbonyl (C=O) groups excluding carboxylic acids is 1. The second kappa shape index (κ2) is 4.48. The number of amides is 1. The lowest BCUT2D eigenvalue weighted by atomic mass is 10.3. The Morgan fingerprint density at radius 3 is 2.88 bits per heavy atom. The number of nitrogens with zero attached hydrogens (tertiary/aromatic N) is 2. The Bertz CT molecular complexity index is 502. The molecule has 5 heteroatoms. The van der Waals surface area contributed by atoms with Crippen LogP contribution in [0.15, 0.2) is 42.9 Å². The predicted molar refractivity (Wildman–Crippen MR) is 56.4 cm³/mol. The minimum Gasteiger partial charge on any atom is -0.319 e. The van der Waals surface area contributed by atoms with Crippen LogP contribution in [-0.4, -0.2) is 15.9 Å². The molecule has 1 N–H and O–H groups in total. The molecule has 0 aliphatic heterocycles. The van der Waals surface area contributed by atoms with Gasteiger partial charge in [-0.1, -0.05) is 6.07 Å². The number of nitrogens with one attached hydrogen (secondary N) is 1. The molecule has 2 rings (SSSR count). The third-order valence-corrected chi connectivity index (χ3v) is 1.86. The second-order valence-electron chi connectivity index (χ2n) is 3.06. The lowest BCUT2D eigenvalue weighted by molar-refractivity contribution is 0.102. The molecule has 1 amide bonds. The van der Waals surface area contributed by atoms with E-state index in [0.29, 0.717) is 5.69 Å². The van der Waals surface area contributed by atoms with Crippen LogP contribution in [0.1, 0.15) is 10.5 Å². The first-order valence-electron chi connectivity index (χ1n) is 4.58. The van der Waals surface area contributed by atoms with E-state index in [-0.39, 0.29) is 5.69 Å². The van der Waals surface area contributed by atoms with Crippen LogP contribution in [0.2, 0.25) is 0 Å². The van der Waals surface area contributed by atoms with Crippen molar-refractivity contribution >= 4 is 11.6 Å². The average molecular weight is 217 g/mol. The monoisotopic (exact) mass is 217 g/mol. The number of halogens is 1. The molecule has 2 heterocycles. The third kappa shape index (κ3) is 2.38. The standard InChI is InChI=1S/C11H8FN3O/c12-8-5-9(7-13-6-8)15-11(16)10-3-1-2-4-14-10/h1-7H,(H,15,16). The molecule has 2 aromatic rings. The summed E-state index contributed by atoms with van der Waals surface area (Å²) in [6.45, 7) is 0. The van der Waals surface area contributed by atoms with E-state index in [9.17, 15) is 9.18 Å². The highest BCUT2D eigenvalue weighted by molar-refractivity contribution is 6.02. The molecule has 0 saturated heterocycles. The molecule has 4 nitrogen and oxygen atoms in total. The Hall–Kier alpha value is -2.30. The van der Waals surface area contributed by atoms with E-state index in [1.807, 2.05) is 0 Å². The average Bonchev–Trinajstić information content (AvgIpc) is 2.30. The maximum Gasteiger partial charge on any atom is 0.274 e. The number of hydrogen-bond donors (Lipinski definition) is 1. The van der Waals surface area contributed by atoms with E-state index in [2.05, 4.69) is 15.3 Å². The van der Waals surface area contributed by atoms with Gasteiger partial charge in [-0.3, -0.25) is 14.8 Å². The summed E-state index contributed by atoms with van der Waals surface area (Å²) in [6, 6.07) is 6.17. The fourth-order valence-electron chi connectivity index (χ4n) is 1.17. The van der Waals surface area contributed by atoms with Crippen LogP contribution in [-0.2, 0) is 0 Å². The van der Waals surface area contributed by atoms with Crippen molar-refractivity contribution in [2.45, 2.75) is 0 Å². The van der Waals surface area contributed by atoms with E-state index in [0.717, 1.165) is 6.20 Å². The van der Waals surface area contributed by atoms with E-state index in [1.165, 1.54) is 18.5 Å². The molecule has 0 atom stereocenters. The quantitative estimate of drug-likeness (QED) is 0.835. The van der Waals surface area contributed by atoms with Crippen LogP contribution in [0.4, 0.5) is 10.1 Å². The molecule has 0 aliphatic rings. The topological polar surface area (TPSA) is 54.9 Å². The molecule has 0 bridgehead atoms. The van der Waals surface area contributed by atoms with Crippen molar-refractivity contribution in [3.05, 3.63) is 54.4 Å². The second-order valence-corrected chi connectivity index (χ2v) is 3.06. The molecule has 0 radical (unpaired) electrons. The predicted octanol–water partition coefficient (Wildman–Crippen LogP) is 1.87. The Morgan fingerprint density at radius 2 is 2.19 bits per heavy atom. The largest absolute Gasteiger partial charge is 0.319 e. The van der Waals surface area contributed by atoms with Crippen LogP contribution in [0, 0.1) is 5.82 Å². The Morgan fingerprint density at radius 1 is 1.31 bits per heavy atom. The van der Waals surface area contributed by atoms with E-state index in [4.69, 9.17) is 0 Å². The fraction of sp³-hybridized carbons (Fsp3) is 0. The van der Waals surface area contributed by atoms with Crippen molar-refractivity contribution in [2.24, 2.45) is 0 Å². The minimum atomic E-state index is -0.501. The maximum atomic E-state index is 12.8. The Kier molecular flexibility index (Phi) is 2.86. The van der Waals surface area contributed by atoms with Crippen molar-refractivity contribution < 1.29 is 9.18 Å². The van der Waals surface area contributed by atoms with Crippen LogP contribution in [0.25, 0.3) is 0 Å². The highest BCUT2D eigenvalue weighted by Crippen LogP contribution is 2.08. The summed E-state index contributed by atoms with van der Waals surface area (Å²) in [5, 5.41) is 2.50. The van der Waals surface area contributed by atoms with Crippen LogP contribution in [0.3, 0.4) is 0 Å². The summed E-state index contributed by atoms with van der Waals surface area (Å²) < 4.78 is 12.8. The molecule has 2 aromatic heterocycles. The van der Waals surface area contributed by atoms with E-state index in [1.54, 1.807) is 18.2 Å². The Labute approximate surface area is 91.2 Å². The van der Waals surface area contributed by atoms with Gasteiger partial charge in [-0.05, 0) is 12.1 Å². The lowest BCUT2D eigenvalue weighted by Crippen LogP contribution is -2.13. The zero-order chi connectivity index (χ0) is 11.4. The summed E-state index contributed by atoms with van der Waals surface area (Å²) in [5.74, 6) is -0.896. The highest BCUT2D eigenvalue weighted by Gasteiger charge is 2.06. The van der Waals surface area contributed by atoms with Crippen LogP contribution < -0.4 is 5.32 Å². The summed E-state index contributed by atoms with van der Waals surface area (Å²) >= 11 is 0. The summed E-state index contributed by atoms with van der Waals surface area (Å²) in [6.07, 6.45) is 3.94. The molecule has 0 unspecified atom stereocenters. The van der Waals surface area contributed by atoms with Gasteiger partial charge in [-0.25, -0.2) is 4.39 Å². The normalized spacial score (nSPS) is 9.81. The number of carbonyl (C=O) groups is 1. The molecule has 0 spiro atoms. The maximum absolute atomic E-state index is 12.8. The van der Waals surface area contributed by atoms with Gasteiger partial charge in [0.25, 0.3) is 5.91 Å². The van der Waals surface area contributed by atoms with Gasteiger partial charge in [-0.15, -0.1) is 0 Å². The molecule has 80 valence electrons. The van der Waals surface area contributed by atoms with Gasteiger partial charge in [0.15, 0.2) is 0 Å². The van der Waals surface area contributed by atoms with Gasteiger partial charge in [0, 0.05) is 12.3 Å². The fourth-order valence-corrected chi connectivity index (χ4v) is 1.17. The first kappa shape index (κ1) is 10.2. The highest BCUT2D eigenvalue weighted by atomic mass is 19.1. The number of pyridine rings is 2. The molecule has 16 heavy (non-hydrogen) atoms. The zero-order valence-corrected chi connectivity index (χ0v) is 8.22. The van der Waals surface area contributed by atoms with Crippen LogP contribution >= 0.6 is 0 Å². The number of hydrogen-bond acceptors (Lipinski definition) is 3. The van der Waals surface area contributed by atoms with Crippen molar-refractivity contribution in [3.8, 4) is 0 Å². The lowest BCUT2D eigenvalue weighted by Gasteiger charge is -2.03. The van der Waals surface area contributed by atoms with Crippen LogP contribution in [0.5, 0.6) is 0 Å². The van der Waals surface area contributed by atoms with Crippen molar-refractivity contribution in [3.63, 3.8) is 0 Å². The van der Waals surface area contributed by atoms with Gasteiger partial charge < -0.3 is 5.32 Å². The van der Waals surface area contributed by atoms with E-state index >= 15 is 0 Å². The summed E-state index contributed by atoms with van der Waals surface area (Å²) in [7, 11) is 0. The molecule has 0 aliphatic carbocycles. The first-order chi connectivity index (χ1) is 7.75. The molecule has 0 saturated carbocycles. The third-order valence-electron chi connectivity index (χ3n) is 1.86. The number of rotatable bonds is 2. The Balaban J connectivity index is 2.14. The SMILES string of the molecule is O=C(Nc1cncc(F)c1)c1ccccn1. The number of anilines is 1. The van der Waals surface area contributed by atoms with Crippen molar-refractivity contribution in [1.29, 1.82) is 0 Å². The smallest absolute Gasteiger partial charge is 0.274 e. The number of aromatic nitrogens is 2. The molecular weight excluding hydrogens is 209 g/mol. The van der Waals surface area contributed by atoms with Gasteiger partial charge in [-0.2, -0.15) is 0 Å². The summed E-state index contributed by atoms with van der Waals surface area (Å²) in [5.41, 5.74) is 0.572. The molecule has 0 fully saturated rings. The van der Waals surface area contributed by atoms with Crippen molar-refractivity contribution in [2.75, 3.05) is 5.32 Å². The van der Waals surface area contributed by atoms with Gasteiger partial charge in [0.1, 0.15) is 11.5 Å². The first-order valence-corrected chi connectivity index (χ1v) is 4.58. The zero-order valence-electron chi connectivity index (χ0n) is 8.22. The van der Waals surface area contributed by atoms with E-state index < -0.39 is 11.7 Å². The summed E-state index contributed by atoms with van der Waals surface area (Å²) in [4.78, 5) is 19.1. The van der Waals surface area contributed by atoms with Gasteiger partial charge in [0.05, 0.1) is 18.1 Å².